The van der Waals surface area contributed by atoms with Gasteiger partial charge in [0.05, 0.1) is 5.92 Å². The van der Waals surface area contributed by atoms with Crippen molar-refractivity contribution < 1.29 is 9.90 Å². The summed E-state index contributed by atoms with van der Waals surface area (Å²) in [5.74, 6) is -0.0870. The molecule has 1 amide bonds. The Kier molecular flexibility index (Phi) is 3.63. The Labute approximate surface area is 106 Å². The highest BCUT2D eigenvalue weighted by Crippen LogP contribution is 2.19. The molecule has 1 atom stereocenters. The molecule has 0 aliphatic rings. The fourth-order valence-corrected chi connectivity index (χ4v) is 1.69. The molecule has 0 bridgehead atoms. The smallest absolute Gasteiger partial charge is 0.231 e. The number of carbonyl (C=O) groups is 1. The minimum atomic E-state index is -0.208. The number of hydrogen-bond acceptors (Lipinski definition) is 2. The molecule has 0 aromatic heterocycles. The third-order valence-corrected chi connectivity index (χ3v) is 2.83. The van der Waals surface area contributed by atoms with Gasteiger partial charge in [0, 0.05) is 5.69 Å². The van der Waals surface area contributed by atoms with Crippen molar-refractivity contribution >= 4 is 11.6 Å². The first kappa shape index (κ1) is 12.2. The monoisotopic (exact) mass is 241 g/mol. The number of phenolic OH excluding ortho intramolecular Hbond substituents is 1. The lowest BCUT2D eigenvalue weighted by Gasteiger charge is -2.12. The second-order valence-electron chi connectivity index (χ2n) is 4.17. The largest absolute Gasteiger partial charge is 0.508 e. The van der Waals surface area contributed by atoms with Gasteiger partial charge in [-0.25, -0.2) is 0 Å². The van der Waals surface area contributed by atoms with Gasteiger partial charge < -0.3 is 10.4 Å². The van der Waals surface area contributed by atoms with Crippen LogP contribution in [-0.4, -0.2) is 11.0 Å². The van der Waals surface area contributed by atoms with E-state index in [9.17, 15) is 4.79 Å². The molecule has 3 heteroatoms. The molecule has 0 saturated carbocycles. The maximum atomic E-state index is 12.0. The van der Waals surface area contributed by atoms with E-state index in [0.29, 0.717) is 5.69 Å². The quantitative estimate of drug-likeness (QED) is 0.811. The molecule has 1 unspecified atom stereocenters. The Bertz CT molecular complexity index is 520. The molecule has 0 aliphatic carbocycles. The lowest BCUT2D eigenvalue weighted by atomic mass is 10.0. The van der Waals surface area contributed by atoms with Crippen molar-refractivity contribution in [1.29, 1.82) is 0 Å². The number of carbonyl (C=O) groups excluding carboxylic acids is 1. The van der Waals surface area contributed by atoms with Gasteiger partial charge in [-0.15, -0.1) is 0 Å². The van der Waals surface area contributed by atoms with Crippen molar-refractivity contribution in [2.45, 2.75) is 12.8 Å². The van der Waals surface area contributed by atoms with Crippen molar-refractivity contribution in [2.24, 2.45) is 0 Å². The van der Waals surface area contributed by atoms with Crippen molar-refractivity contribution in [2.75, 3.05) is 5.32 Å². The van der Waals surface area contributed by atoms with E-state index >= 15 is 0 Å². The second-order valence-corrected chi connectivity index (χ2v) is 4.17. The fraction of sp³-hybridized carbons (Fsp3) is 0.133. The molecule has 92 valence electrons. The first-order valence-electron chi connectivity index (χ1n) is 5.81. The zero-order valence-corrected chi connectivity index (χ0v) is 10.1. The summed E-state index contributed by atoms with van der Waals surface area (Å²) < 4.78 is 0. The molecule has 0 spiro atoms. The molecular weight excluding hydrogens is 226 g/mol. The van der Waals surface area contributed by atoms with Gasteiger partial charge >= 0.3 is 0 Å². The number of aromatic hydroxyl groups is 1. The van der Waals surface area contributed by atoms with Gasteiger partial charge in [-0.3, -0.25) is 4.79 Å². The number of benzene rings is 2. The van der Waals surface area contributed by atoms with Gasteiger partial charge in [0.25, 0.3) is 0 Å². The summed E-state index contributed by atoms with van der Waals surface area (Å²) in [6.07, 6.45) is 0. The van der Waals surface area contributed by atoms with Crippen LogP contribution in [0.2, 0.25) is 0 Å². The van der Waals surface area contributed by atoms with Crippen molar-refractivity contribution in [1.82, 2.24) is 0 Å². The topological polar surface area (TPSA) is 49.3 Å². The number of phenols is 1. The average Bonchev–Trinajstić information content (AvgIpc) is 2.41. The third kappa shape index (κ3) is 2.88. The van der Waals surface area contributed by atoms with Crippen molar-refractivity contribution in [3.8, 4) is 5.75 Å². The van der Waals surface area contributed by atoms with E-state index in [-0.39, 0.29) is 17.6 Å². The summed E-state index contributed by atoms with van der Waals surface area (Å²) in [4.78, 5) is 12.0. The highest BCUT2D eigenvalue weighted by atomic mass is 16.3. The SMILES string of the molecule is CC(C(=O)Nc1ccc(O)cc1)c1ccccc1. The predicted molar refractivity (Wildman–Crippen MR) is 71.6 cm³/mol. The average molecular weight is 241 g/mol. The van der Waals surface area contributed by atoms with Gasteiger partial charge in [0.1, 0.15) is 5.75 Å². The normalized spacial score (nSPS) is 11.8. The Morgan fingerprint density at radius 2 is 1.67 bits per heavy atom. The molecule has 0 saturated heterocycles. The summed E-state index contributed by atoms with van der Waals surface area (Å²) in [5.41, 5.74) is 1.66. The van der Waals surface area contributed by atoms with E-state index in [4.69, 9.17) is 5.11 Å². The third-order valence-electron chi connectivity index (χ3n) is 2.83. The minimum absolute atomic E-state index is 0.0631. The number of amides is 1. The fourth-order valence-electron chi connectivity index (χ4n) is 1.69. The molecule has 0 radical (unpaired) electrons. The van der Waals surface area contributed by atoms with Crippen LogP contribution in [0.3, 0.4) is 0 Å². The molecule has 2 aromatic rings. The van der Waals surface area contributed by atoms with Crippen LogP contribution in [0.5, 0.6) is 5.75 Å². The molecule has 0 heterocycles. The van der Waals surface area contributed by atoms with Crippen LogP contribution in [0.25, 0.3) is 0 Å². The standard InChI is InChI=1S/C15H15NO2/c1-11(12-5-3-2-4-6-12)15(18)16-13-7-9-14(17)10-8-13/h2-11,17H,1H3,(H,16,18). The Hall–Kier alpha value is -2.29. The van der Waals surface area contributed by atoms with Crippen LogP contribution in [0, 0.1) is 0 Å². The van der Waals surface area contributed by atoms with Gasteiger partial charge in [-0.2, -0.15) is 0 Å². The lowest BCUT2D eigenvalue weighted by Crippen LogP contribution is -2.18. The molecule has 2 rings (SSSR count). The van der Waals surface area contributed by atoms with E-state index in [1.165, 1.54) is 0 Å². The Morgan fingerprint density at radius 3 is 2.28 bits per heavy atom. The molecule has 2 N–H and O–H groups in total. The summed E-state index contributed by atoms with van der Waals surface area (Å²) in [7, 11) is 0. The van der Waals surface area contributed by atoms with Gasteiger partial charge in [0.15, 0.2) is 0 Å². The van der Waals surface area contributed by atoms with E-state index in [2.05, 4.69) is 5.32 Å². The summed E-state index contributed by atoms with van der Waals surface area (Å²) in [6, 6.07) is 16.1. The number of rotatable bonds is 3. The maximum Gasteiger partial charge on any atom is 0.231 e. The maximum absolute atomic E-state index is 12.0. The molecular formula is C15H15NO2. The zero-order chi connectivity index (χ0) is 13.0. The van der Waals surface area contributed by atoms with Crippen LogP contribution >= 0.6 is 0 Å². The Balaban J connectivity index is 2.06. The highest BCUT2D eigenvalue weighted by molar-refractivity contribution is 5.95. The summed E-state index contributed by atoms with van der Waals surface area (Å²) >= 11 is 0. The van der Waals surface area contributed by atoms with Gasteiger partial charge in [0.2, 0.25) is 5.91 Å². The van der Waals surface area contributed by atoms with E-state index in [0.717, 1.165) is 5.56 Å². The summed E-state index contributed by atoms with van der Waals surface area (Å²) in [6.45, 7) is 1.87. The first-order chi connectivity index (χ1) is 8.66. The van der Waals surface area contributed by atoms with Crippen LogP contribution in [0.1, 0.15) is 18.4 Å². The first-order valence-corrected chi connectivity index (χ1v) is 5.81. The number of nitrogens with one attached hydrogen (secondary N) is 1. The second kappa shape index (κ2) is 5.36. The molecule has 18 heavy (non-hydrogen) atoms. The molecule has 2 aromatic carbocycles. The molecule has 3 nitrogen and oxygen atoms in total. The van der Waals surface area contributed by atoms with Gasteiger partial charge in [-0.05, 0) is 36.8 Å². The number of anilines is 1. The molecule has 0 fully saturated rings. The minimum Gasteiger partial charge on any atom is -0.508 e. The highest BCUT2D eigenvalue weighted by Gasteiger charge is 2.14. The van der Waals surface area contributed by atoms with Crippen molar-refractivity contribution in [3.05, 3.63) is 60.2 Å². The van der Waals surface area contributed by atoms with E-state index < -0.39 is 0 Å². The van der Waals surface area contributed by atoms with Crippen LogP contribution < -0.4 is 5.32 Å². The predicted octanol–water partition coefficient (Wildman–Crippen LogP) is 3.13. The Morgan fingerprint density at radius 1 is 1.06 bits per heavy atom. The summed E-state index contributed by atoms with van der Waals surface area (Å²) in [5, 5.41) is 12.0. The molecule has 0 aliphatic heterocycles. The van der Waals surface area contributed by atoms with Gasteiger partial charge in [-0.1, -0.05) is 30.3 Å². The number of hydrogen-bond donors (Lipinski definition) is 2. The van der Waals surface area contributed by atoms with E-state index in [1.54, 1.807) is 24.3 Å². The van der Waals surface area contributed by atoms with Crippen LogP contribution in [0.4, 0.5) is 5.69 Å². The van der Waals surface area contributed by atoms with Crippen molar-refractivity contribution in [3.63, 3.8) is 0 Å². The lowest BCUT2D eigenvalue weighted by molar-refractivity contribution is -0.117. The van der Waals surface area contributed by atoms with Crippen LogP contribution in [0.15, 0.2) is 54.6 Å². The van der Waals surface area contributed by atoms with Crippen LogP contribution in [-0.2, 0) is 4.79 Å². The van der Waals surface area contributed by atoms with E-state index in [1.807, 2.05) is 37.3 Å². The zero-order valence-electron chi connectivity index (χ0n) is 10.1.